The van der Waals surface area contributed by atoms with E-state index < -0.39 is 0 Å². The standard InChI is InChI=1S/C18H17FN6S/c1-12-10-16(23-14-7-5-13(19)6-8-14)24-17(22-12)25-18(26)21-11-15-4-2-3-9-20-15/h2-10H,11H2,1H3,(H3,21,22,23,24,25,26). The Balaban J connectivity index is 1.63. The SMILES string of the molecule is Cc1cc(Nc2ccc(F)cc2)nc(NC(=S)NCc2ccccn2)n1. The summed E-state index contributed by atoms with van der Waals surface area (Å²) in [5.74, 6) is 0.661. The van der Waals surface area contributed by atoms with Gasteiger partial charge in [0.2, 0.25) is 5.95 Å². The lowest BCUT2D eigenvalue weighted by atomic mass is 10.3. The molecule has 0 radical (unpaired) electrons. The summed E-state index contributed by atoms with van der Waals surface area (Å²) >= 11 is 5.27. The second-order valence-corrected chi connectivity index (χ2v) is 5.89. The lowest BCUT2D eigenvalue weighted by molar-refractivity contribution is 0.628. The molecule has 3 aromatic rings. The molecule has 2 heterocycles. The number of nitrogens with zero attached hydrogens (tertiary/aromatic N) is 3. The van der Waals surface area contributed by atoms with Crippen LogP contribution in [0.3, 0.4) is 0 Å². The minimum Gasteiger partial charge on any atom is -0.357 e. The number of benzene rings is 1. The molecule has 0 aliphatic heterocycles. The first-order valence-electron chi connectivity index (χ1n) is 7.91. The number of hydrogen-bond acceptors (Lipinski definition) is 5. The van der Waals surface area contributed by atoms with Crippen LogP contribution in [0, 0.1) is 12.7 Å². The summed E-state index contributed by atoms with van der Waals surface area (Å²) in [6.45, 7) is 2.35. The van der Waals surface area contributed by atoms with Crippen LogP contribution in [0.2, 0.25) is 0 Å². The molecule has 0 atom stereocenters. The smallest absolute Gasteiger partial charge is 0.231 e. The van der Waals surface area contributed by atoms with Crippen LogP contribution in [0.1, 0.15) is 11.4 Å². The van der Waals surface area contributed by atoms with Gasteiger partial charge in [-0.1, -0.05) is 6.07 Å². The third-order valence-electron chi connectivity index (χ3n) is 3.35. The average molecular weight is 368 g/mol. The second kappa shape index (κ2) is 8.30. The van der Waals surface area contributed by atoms with E-state index in [0.29, 0.717) is 23.4 Å². The van der Waals surface area contributed by atoms with Crippen LogP contribution >= 0.6 is 12.2 Å². The summed E-state index contributed by atoms with van der Waals surface area (Å²) in [7, 11) is 0. The highest BCUT2D eigenvalue weighted by molar-refractivity contribution is 7.80. The Hall–Kier alpha value is -3.13. The highest BCUT2D eigenvalue weighted by atomic mass is 32.1. The van der Waals surface area contributed by atoms with E-state index in [-0.39, 0.29) is 5.82 Å². The van der Waals surface area contributed by atoms with E-state index >= 15 is 0 Å². The summed E-state index contributed by atoms with van der Waals surface area (Å²) in [5.41, 5.74) is 2.37. The Morgan fingerprint density at radius 1 is 1.12 bits per heavy atom. The van der Waals surface area contributed by atoms with Gasteiger partial charge in [-0.3, -0.25) is 4.98 Å². The zero-order chi connectivity index (χ0) is 18.4. The largest absolute Gasteiger partial charge is 0.357 e. The van der Waals surface area contributed by atoms with Gasteiger partial charge in [-0.15, -0.1) is 0 Å². The lowest BCUT2D eigenvalue weighted by Crippen LogP contribution is -2.29. The van der Waals surface area contributed by atoms with Gasteiger partial charge in [0.25, 0.3) is 0 Å². The Labute approximate surface area is 155 Å². The van der Waals surface area contributed by atoms with E-state index in [4.69, 9.17) is 12.2 Å². The maximum absolute atomic E-state index is 13.0. The normalized spacial score (nSPS) is 10.2. The Morgan fingerprint density at radius 2 is 1.92 bits per heavy atom. The van der Waals surface area contributed by atoms with Crippen molar-refractivity contribution in [2.75, 3.05) is 10.6 Å². The van der Waals surface area contributed by atoms with Gasteiger partial charge in [-0.2, -0.15) is 4.98 Å². The van der Waals surface area contributed by atoms with E-state index in [1.807, 2.05) is 25.1 Å². The molecule has 3 rings (SSSR count). The molecule has 1 aromatic carbocycles. The first-order valence-corrected chi connectivity index (χ1v) is 8.32. The molecule has 0 bridgehead atoms. The Kier molecular flexibility index (Phi) is 5.65. The van der Waals surface area contributed by atoms with E-state index in [2.05, 4.69) is 30.9 Å². The highest BCUT2D eigenvalue weighted by Crippen LogP contribution is 2.17. The summed E-state index contributed by atoms with van der Waals surface area (Å²) in [4.78, 5) is 12.9. The minimum atomic E-state index is -0.291. The zero-order valence-corrected chi connectivity index (χ0v) is 14.8. The number of pyridine rings is 1. The van der Waals surface area contributed by atoms with Gasteiger partial charge < -0.3 is 16.0 Å². The van der Waals surface area contributed by atoms with E-state index in [9.17, 15) is 4.39 Å². The average Bonchev–Trinajstić information content (AvgIpc) is 2.62. The number of hydrogen-bond donors (Lipinski definition) is 3. The van der Waals surface area contributed by atoms with Gasteiger partial charge in [0.05, 0.1) is 12.2 Å². The van der Waals surface area contributed by atoms with Crippen molar-refractivity contribution in [2.24, 2.45) is 0 Å². The number of thiocarbonyl (C=S) groups is 1. The first-order chi connectivity index (χ1) is 12.6. The van der Waals surface area contributed by atoms with Crippen molar-refractivity contribution in [1.82, 2.24) is 20.3 Å². The molecule has 132 valence electrons. The van der Waals surface area contributed by atoms with Crippen LogP contribution in [0.25, 0.3) is 0 Å². The predicted octanol–water partition coefficient (Wildman–Crippen LogP) is 3.55. The Bertz CT molecular complexity index is 886. The van der Waals surface area contributed by atoms with Crippen LogP contribution in [0.5, 0.6) is 0 Å². The third kappa shape index (κ3) is 5.18. The van der Waals surface area contributed by atoms with Crippen molar-refractivity contribution in [2.45, 2.75) is 13.5 Å². The molecule has 0 aliphatic carbocycles. The van der Waals surface area contributed by atoms with Gasteiger partial charge in [0, 0.05) is 23.6 Å². The zero-order valence-electron chi connectivity index (χ0n) is 14.0. The maximum atomic E-state index is 13.0. The van der Waals surface area contributed by atoms with Gasteiger partial charge in [-0.05, 0) is 55.5 Å². The Morgan fingerprint density at radius 3 is 2.65 bits per heavy atom. The fourth-order valence-electron chi connectivity index (χ4n) is 2.19. The molecule has 0 unspecified atom stereocenters. The van der Waals surface area contributed by atoms with Gasteiger partial charge in [-0.25, -0.2) is 9.37 Å². The van der Waals surface area contributed by atoms with Crippen molar-refractivity contribution in [3.63, 3.8) is 0 Å². The number of aryl methyl sites for hydroxylation is 1. The van der Waals surface area contributed by atoms with Crippen molar-refractivity contribution in [3.8, 4) is 0 Å². The first kappa shape index (κ1) is 17.7. The summed E-state index contributed by atoms with van der Waals surface area (Å²) < 4.78 is 13.0. The summed E-state index contributed by atoms with van der Waals surface area (Å²) in [5, 5.41) is 9.53. The van der Waals surface area contributed by atoms with Crippen molar-refractivity contribution in [1.29, 1.82) is 0 Å². The predicted molar refractivity (Wildman–Crippen MR) is 104 cm³/mol. The summed E-state index contributed by atoms with van der Waals surface area (Å²) in [6, 6.07) is 13.5. The number of halogens is 1. The molecule has 0 saturated heterocycles. The highest BCUT2D eigenvalue weighted by Gasteiger charge is 2.05. The molecule has 2 aromatic heterocycles. The fraction of sp³-hybridized carbons (Fsp3) is 0.111. The molecule has 3 N–H and O–H groups in total. The fourth-order valence-corrected chi connectivity index (χ4v) is 2.35. The molecule has 0 fully saturated rings. The molecule has 0 amide bonds. The van der Waals surface area contributed by atoms with Crippen LogP contribution in [-0.4, -0.2) is 20.1 Å². The van der Waals surface area contributed by atoms with Gasteiger partial charge in [0.15, 0.2) is 5.11 Å². The molecule has 0 spiro atoms. The lowest BCUT2D eigenvalue weighted by Gasteiger charge is -2.11. The molecule has 8 heteroatoms. The topological polar surface area (TPSA) is 74.8 Å². The number of nitrogens with one attached hydrogen (secondary N) is 3. The van der Waals surface area contributed by atoms with Crippen LogP contribution in [0.4, 0.5) is 21.8 Å². The van der Waals surface area contributed by atoms with Crippen LogP contribution in [0.15, 0.2) is 54.7 Å². The van der Waals surface area contributed by atoms with Gasteiger partial charge in [0.1, 0.15) is 11.6 Å². The van der Waals surface area contributed by atoms with Crippen molar-refractivity contribution in [3.05, 3.63) is 71.9 Å². The van der Waals surface area contributed by atoms with Crippen molar-refractivity contribution < 1.29 is 4.39 Å². The van der Waals surface area contributed by atoms with Crippen LogP contribution in [-0.2, 0) is 6.54 Å². The number of aromatic nitrogens is 3. The molecular formula is C18H17FN6S. The maximum Gasteiger partial charge on any atom is 0.231 e. The number of rotatable bonds is 5. The molecule has 6 nitrogen and oxygen atoms in total. The third-order valence-corrected chi connectivity index (χ3v) is 3.60. The minimum absolute atomic E-state index is 0.291. The van der Waals surface area contributed by atoms with Crippen molar-refractivity contribution >= 4 is 34.8 Å². The quantitative estimate of drug-likeness (QED) is 0.595. The summed E-state index contributed by atoms with van der Waals surface area (Å²) in [6.07, 6.45) is 1.73. The van der Waals surface area contributed by atoms with E-state index in [1.54, 1.807) is 24.4 Å². The molecule has 0 aliphatic rings. The van der Waals surface area contributed by atoms with E-state index in [1.165, 1.54) is 12.1 Å². The van der Waals surface area contributed by atoms with Gasteiger partial charge >= 0.3 is 0 Å². The molecular weight excluding hydrogens is 351 g/mol. The monoisotopic (exact) mass is 368 g/mol. The molecule has 26 heavy (non-hydrogen) atoms. The number of anilines is 3. The van der Waals surface area contributed by atoms with Crippen LogP contribution < -0.4 is 16.0 Å². The van der Waals surface area contributed by atoms with E-state index in [0.717, 1.165) is 17.1 Å². The molecule has 0 saturated carbocycles. The second-order valence-electron chi connectivity index (χ2n) is 5.48.